The van der Waals surface area contributed by atoms with Gasteiger partial charge in [-0.3, -0.25) is 9.36 Å². The lowest BCUT2D eigenvalue weighted by Gasteiger charge is -2.07. The number of carbonyl (C=O) groups excluding carboxylic acids is 1. The van der Waals surface area contributed by atoms with Crippen LogP contribution in [0.15, 0.2) is 59.4 Å². The molecule has 152 valence electrons. The molecule has 3 rings (SSSR count). The van der Waals surface area contributed by atoms with Crippen molar-refractivity contribution < 1.29 is 14.6 Å². The topological polar surface area (TPSA) is 98.4 Å². The van der Waals surface area contributed by atoms with Crippen LogP contribution >= 0.6 is 0 Å². The molecular weight excluding hydrogens is 372 g/mol. The van der Waals surface area contributed by atoms with E-state index in [1.807, 2.05) is 30.3 Å². The highest BCUT2D eigenvalue weighted by Gasteiger charge is 2.17. The predicted molar refractivity (Wildman–Crippen MR) is 108 cm³/mol. The number of rotatable bonds is 9. The highest BCUT2D eigenvalue weighted by atomic mass is 16.5. The fourth-order valence-corrected chi connectivity index (χ4v) is 2.90. The molecule has 1 aromatic heterocycles. The molecule has 3 aromatic rings. The Kier molecular flexibility index (Phi) is 6.80. The Bertz CT molecular complexity index is 994. The van der Waals surface area contributed by atoms with Gasteiger partial charge >= 0.3 is 5.69 Å². The first-order chi connectivity index (χ1) is 14.1. The van der Waals surface area contributed by atoms with Crippen LogP contribution in [0.2, 0.25) is 0 Å². The van der Waals surface area contributed by atoms with E-state index < -0.39 is 5.69 Å². The molecule has 0 saturated heterocycles. The maximum atomic E-state index is 13.0. The van der Waals surface area contributed by atoms with Gasteiger partial charge in [-0.05, 0) is 36.2 Å². The number of benzene rings is 2. The van der Waals surface area contributed by atoms with E-state index in [4.69, 9.17) is 9.84 Å². The van der Waals surface area contributed by atoms with Crippen LogP contribution < -0.4 is 15.7 Å². The summed E-state index contributed by atoms with van der Waals surface area (Å²) in [5, 5.41) is 16.0. The Morgan fingerprint density at radius 3 is 2.52 bits per heavy atom. The minimum absolute atomic E-state index is 0.00507. The van der Waals surface area contributed by atoms with Crippen molar-refractivity contribution in [2.24, 2.45) is 0 Å². The predicted octanol–water partition coefficient (Wildman–Crippen LogP) is 1.13. The molecule has 0 fully saturated rings. The van der Waals surface area contributed by atoms with Gasteiger partial charge < -0.3 is 15.2 Å². The third kappa shape index (κ3) is 5.11. The number of nitrogens with zero attached hydrogens (tertiary/aromatic N) is 3. The lowest BCUT2D eigenvalue weighted by molar-refractivity contribution is -0.121. The van der Waals surface area contributed by atoms with Gasteiger partial charge in [0.2, 0.25) is 5.91 Å². The second-order valence-electron chi connectivity index (χ2n) is 6.48. The summed E-state index contributed by atoms with van der Waals surface area (Å²) in [5.74, 6) is 0.868. The standard InChI is InChI=1S/C21H24N4O4/c1-29-18-10-8-17(9-11-18)25-21(28)24(15-20(27)22-12-5-13-26)19(23-25)14-16-6-3-2-4-7-16/h2-4,6-11,26H,5,12-15H2,1H3,(H,22,27). The van der Waals surface area contributed by atoms with E-state index in [-0.39, 0.29) is 19.1 Å². The van der Waals surface area contributed by atoms with E-state index >= 15 is 0 Å². The number of aliphatic hydroxyl groups is 1. The summed E-state index contributed by atoms with van der Waals surface area (Å²) in [6.07, 6.45) is 0.881. The third-order valence-corrected chi connectivity index (χ3v) is 4.42. The largest absolute Gasteiger partial charge is 0.497 e. The van der Waals surface area contributed by atoms with Crippen LogP contribution in [0.25, 0.3) is 5.69 Å². The molecule has 8 heteroatoms. The van der Waals surface area contributed by atoms with Crippen molar-refractivity contribution in [1.29, 1.82) is 0 Å². The molecule has 1 heterocycles. The number of nitrogens with one attached hydrogen (secondary N) is 1. The number of aliphatic hydroxyl groups excluding tert-OH is 1. The number of hydrogen-bond donors (Lipinski definition) is 2. The third-order valence-electron chi connectivity index (χ3n) is 4.42. The molecule has 1 amide bonds. The highest BCUT2D eigenvalue weighted by molar-refractivity contribution is 5.75. The molecule has 0 radical (unpaired) electrons. The molecule has 0 aliphatic carbocycles. The van der Waals surface area contributed by atoms with Gasteiger partial charge in [-0.25, -0.2) is 4.79 Å². The van der Waals surface area contributed by atoms with Gasteiger partial charge in [0.25, 0.3) is 0 Å². The normalized spacial score (nSPS) is 10.7. The molecule has 0 bridgehead atoms. The zero-order chi connectivity index (χ0) is 20.6. The summed E-state index contributed by atoms with van der Waals surface area (Å²) >= 11 is 0. The summed E-state index contributed by atoms with van der Waals surface area (Å²) in [7, 11) is 1.57. The van der Waals surface area contributed by atoms with Crippen molar-refractivity contribution in [3.05, 3.63) is 76.5 Å². The van der Waals surface area contributed by atoms with E-state index in [1.165, 1.54) is 9.25 Å². The van der Waals surface area contributed by atoms with Gasteiger partial charge in [0.15, 0.2) is 0 Å². The molecule has 0 unspecified atom stereocenters. The summed E-state index contributed by atoms with van der Waals surface area (Å²) in [6.45, 7) is 0.211. The van der Waals surface area contributed by atoms with Crippen LogP contribution in [0.4, 0.5) is 0 Å². The monoisotopic (exact) mass is 396 g/mol. The first kappa shape index (κ1) is 20.3. The number of aromatic nitrogens is 3. The Balaban J connectivity index is 1.93. The lowest BCUT2D eigenvalue weighted by atomic mass is 10.1. The maximum absolute atomic E-state index is 13.0. The van der Waals surface area contributed by atoms with Crippen molar-refractivity contribution in [3.8, 4) is 11.4 Å². The van der Waals surface area contributed by atoms with Gasteiger partial charge in [0.1, 0.15) is 18.1 Å². The second kappa shape index (κ2) is 9.70. The summed E-state index contributed by atoms with van der Waals surface area (Å²) in [6, 6.07) is 16.6. The summed E-state index contributed by atoms with van der Waals surface area (Å²) in [5.41, 5.74) is 1.18. The number of amides is 1. The van der Waals surface area contributed by atoms with Crippen molar-refractivity contribution in [2.75, 3.05) is 20.3 Å². The molecule has 0 atom stereocenters. The SMILES string of the molecule is COc1ccc(-n2nc(Cc3ccccc3)n(CC(=O)NCCCO)c2=O)cc1. The molecular formula is C21H24N4O4. The maximum Gasteiger partial charge on any atom is 0.351 e. The van der Waals surface area contributed by atoms with Gasteiger partial charge in [-0.2, -0.15) is 4.68 Å². The number of ether oxygens (including phenoxy) is 1. The van der Waals surface area contributed by atoms with E-state index in [2.05, 4.69) is 10.4 Å². The van der Waals surface area contributed by atoms with Crippen molar-refractivity contribution in [3.63, 3.8) is 0 Å². The average molecular weight is 396 g/mol. The minimum atomic E-state index is -0.390. The second-order valence-corrected chi connectivity index (χ2v) is 6.48. The molecule has 8 nitrogen and oxygen atoms in total. The van der Waals surface area contributed by atoms with Crippen LogP contribution in [0, 0.1) is 0 Å². The van der Waals surface area contributed by atoms with E-state index in [1.54, 1.807) is 31.4 Å². The number of hydrogen-bond acceptors (Lipinski definition) is 5. The van der Waals surface area contributed by atoms with E-state index in [0.717, 1.165) is 5.56 Å². The minimum Gasteiger partial charge on any atom is -0.497 e. The van der Waals surface area contributed by atoms with Gasteiger partial charge in [0.05, 0.1) is 12.8 Å². The highest BCUT2D eigenvalue weighted by Crippen LogP contribution is 2.14. The number of carbonyl (C=O) groups is 1. The van der Waals surface area contributed by atoms with Crippen LogP contribution in [0.3, 0.4) is 0 Å². The van der Waals surface area contributed by atoms with Crippen LogP contribution in [0.5, 0.6) is 5.75 Å². The van der Waals surface area contributed by atoms with Crippen molar-refractivity contribution in [1.82, 2.24) is 19.7 Å². The molecule has 0 aliphatic heterocycles. The van der Waals surface area contributed by atoms with Crippen LogP contribution in [-0.4, -0.2) is 45.6 Å². The Hall–Kier alpha value is -3.39. The first-order valence-electron chi connectivity index (χ1n) is 9.37. The molecule has 2 aromatic carbocycles. The van der Waals surface area contributed by atoms with Gasteiger partial charge in [-0.1, -0.05) is 30.3 Å². The molecule has 0 saturated carbocycles. The van der Waals surface area contributed by atoms with E-state index in [0.29, 0.717) is 36.6 Å². The summed E-state index contributed by atoms with van der Waals surface area (Å²) < 4.78 is 7.83. The average Bonchev–Trinajstić information content (AvgIpc) is 3.04. The molecule has 0 spiro atoms. The molecule has 2 N–H and O–H groups in total. The zero-order valence-electron chi connectivity index (χ0n) is 16.2. The zero-order valence-corrected chi connectivity index (χ0v) is 16.2. The Labute approximate surface area is 168 Å². The van der Waals surface area contributed by atoms with Crippen molar-refractivity contribution >= 4 is 5.91 Å². The van der Waals surface area contributed by atoms with Crippen LogP contribution in [0.1, 0.15) is 17.8 Å². The van der Waals surface area contributed by atoms with Gasteiger partial charge in [-0.15, -0.1) is 5.10 Å². The lowest BCUT2D eigenvalue weighted by Crippen LogP contribution is -2.34. The smallest absolute Gasteiger partial charge is 0.351 e. The Morgan fingerprint density at radius 2 is 1.86 bits per heavy atom. The summed E-state index contributed by atoms with van der Waals surface area (Å²) in [4.78, 5) is 25.3. The fraction of sp³-hybridized carbons (Fsp3) is 0.286. The fourth-order valence-electron chi connectivity index (χ4n) is 2.90. The first-order valence-corrected chi connectivity index (χ1v) is 9.37. The molecule has 0 aliphatic rings. The quantitative estimate of drug-likeness (QED) is 0.529. The van der Waals surface area contributed by atoms with Crippen LogP contribution in [-0.2, 0) is 17.8 Å². The van der Waals surface area contributed by atoms with E-state index in [9.17, 15) is 9.59 Å². The van der Waals surface area contributed by atoms with Gasteiger partial charge in [0, 0.05) is 19.6 Å². The van der Waals surface area contributed by atoms with Crippen molar-refractivity contribution in [2.45, 2.75) is 19.4 Å². The Morgan fingerprint density at radius 1 is 1.14 bits per heavy atom. The number of methoxy groups -OCH3 is 1. The molecule has 29 heavy (non-hydrogen) atoms.